The van der Waals surface area contributed by atoms with Gasteiger partial charge < -0.3 is 0 Å². The minimum atomic E-state index is 0. The van der Waals surface area contributed by atoms with Crippen molar-refractivity contribution in [1.82, 2.24) is 0 Å². The molecule has 6 heteroatoms. The van der Waals surface area contributed by atoms with Crippen molar-refractivity contribution in [2.24, 2.45) is 0 Å². The summed E-state index contributed by atoms with van der Waals surface area (Å²) in [6, 6.07) is 0. The van der Waals surface area contributed by atoms with Crippen molar-refractivity contribution in [1.29, 1.82) is 0 Å². The Bertz CT molecular complexity index is 7.51. The van der Waals surface area contributed by atoms with Gasteiger partial charge in [-0.2, -0.15) is 0 Å². The molecule has 0 saturated carbocycles. The minimum absolute atomic E-state index is 0. The van der Waals surface area contributed by atoms with Gasteiger partial charge in [0.15, 0.2) is 0 Å². The van der Waals surface area contributed by atoms with E-state index in [1.54, 1.807) is 0 Å². The maximum atomic E-state index is 0. The van der Waals surface area contributed by atoms with Gasteiger partial charge in [-0.25, -0.2) is 0 Å². The summed E-state index contributed by atoms with van der Waals surface area (Å²) in [4.78, 5) is 0. The topological polar surface area (TPSA) is 0 Å². The van der Waals surface area contributed by atoms with E-state index in [0.717, 1.165) is 0 Å². The van der Waals surface area contributed by atoms with Gasteiger partial charge in [-0.3, -0.25) is 0 Å². The molecule has 0 unspecified atom stereocenters. The molecule has 0 amide bonds. The summed E-state index contributed by atoms with van der Waals surface area (Å²) >= 11 is 0. The summed E-state index contributed by atoms with van der Waals surface area (Å²) in [6.45, 7) is 0. The van der Waals surface area contributed by atoms with Crippen molar-refractivity contribution in [3.8, 4) is 0 Å². The molecule has 0 fully saturated rings. The normalized spacial score (nSPS) is 0. The van der Waals surface area contributed by atoms with Gasteiger partial charge in [0.05, 0.1) is 0 Å². The van der Waals surface area contributed by atoms with E-state index >= 15 is 0 Å². The summed E-state index contributed by atoms with van der Waals surface area (Å²) in [5, 5.41) is 0. The van der Waals surface area contributed by atoms with E-state index in [2.05, 4.69) is 0 Å². The number of rotatable bonds is 0. The second-order valence-corrected chi connectivity index (χ2v) is 0. The van der Waals surface area contributed by atoms with E-state index in [4.69, 9.17) is 0 Å². The Morgan fingerprint density at radius 2 is 0.500 bits per heavy atom. The van der Waals surface area contributed by atoms with Crippen LogP contribution in [0.5, 0.6) is 0 Å². The van der Waals surface area contributed by atoms with Gasteiger partial charge in [-0.15, -0.1) is 49.6 Å². The Labute approximate surface area is 92.1 Å². The van der Waals surface area contributed by atoms with Gasteiger partial charge in [0.2, 0.25) is 0 Å². The van der Waals surface area contributed by atoms with E-state index in [9.17, 15) is 0 Å². The molecule has 0 saturated heterocycles. The molecule has 0 aromatic rings. The van der Waals surface area contributed by atoms with Crippen LogP contribution in [0.3, 0.4) is 0 Å². The van der Waals surface area contributed by atoms with Crippen LogP contribution in [0.25, 0.3) is 0 Å². The van der Waals surface area contributed by atoms with Crippen molar-refractivity contribution in [2.75, 3.05) is 0 Å². The quantitative estimate of drug-likeness (QED) is 0.578. The average molecular weight is 264 g/mol. The van der Waals surface area contributed by atoms with Crippen LogP contribution in [0.1, 0.15) is 0 Å². The SMILES string of the molecule is Cl.Cl.Cl.Cl.[Al+3].[Zr+2]. The second-order valence-electron chi connectivity index (χ2n) is 0. The van der Waals surface area contributed by atoms with E-state index in [-0.39, 0.29) is 93.2 Å². The van der Waals surface area contributed by atoms with Crippen LogP contribution >= 0.6 is 49.6 Å². The van der Waals surface area contributed by atoms with Crippen molar-refractivity contribution >= 4 is 67.0 Å². The fourth-order valence-corrected chi connectivity index (χ4v) is 0. The van der Waals surface area contributed by atoms with Gasteiger partial charge in [-0.05, 0) is 0 Å². The van der Waals surface area contributed by atoms with Crippen LogP contribution in [0.2, 0.25) is 0 Å². The molecule has 0 rings (SSSR count). The van der Waals surface area contributed by atoms with Crippen molar-refractivity contribution in [3.05, 3.63) is 0 Å². The van der Waals surface area contributed by atoms with Crippen molar-refractivity contribution in [3.63, 3.8) is 0 Å². The first-order valence-corrected chi connectivity index (χ1v) is 0. The Balaban J connectivity index is 0. The fraction of sp³-hybridized carbons (Fsp3) is 0. The third kappa shape index (κ3) is 30.8. The van der Waals surface area contributed by atoms with Crippen molar-refractivity contribution < 1.29 is 26.2 Å². The first kappa shape index (κ1) is 74.2. The molecule has 0 nitrogen and oxygen atoms in total. The maximum Gasteiger partial charge on any atom is 3.00 e. The summed E-state index contributed by atoms with van der Waals surface area (Å²) in [5.41, 5.74) is 0. The Kier molecular flexibility index (Phi) is 611. The van der Waals surface area contributed by atoms with Gasteiger partial charge >= 0.3 is 43.6 Å². The monoisotopic (exact) mass is 261 g/mol. The summed E-state index contributed by atoms with van der Waals surface area (Å²) in [5.74, 6) is 0. The van der Waals surface area contributed by atoms with Crippen LogP contribution < -0.4 is 0 Å². The standard InChI is InChI=1S/Al.4ClH.Zr/h;4*1H;/q+3;;;;;+2. The number of hydrogen-bond acceptors (Lipinski definition) is 0. The summed E-state index contributed by atoms with van der Waals surface area (Å²) < 4.78 is 0. The molecule has 0 spiro atoms. The molecular weight excluding hydrogens is 260 g/mol. The van der Waals surface area contributed by atoms with Crippen LogP contribution in [0.15, 0.2) is 0 Å². The Morgan fingerprint density at radius 3 is 0.500 bits per heavy atom. The maximum absolute atomic E-state index is 0. The third-order valence-corrected chi connectivity index (χ3v) is 0. The predicted molar refractivity (Wildman–Crippen MR) is 34.7 cm³/mol. The molecule has 34 valence electrons. The molecule has 0 aliphatic carbocycles. The first-order valence-electron chi connectivity index (χ1n) is 0. The summed E-state index contributed by atoms with van der Waals surface area (Å²) in [6.07, 6.45) is 0. The number of hydrogen-bond donors (Lipinski definition) is 0. The van der Waals surface area contributed by atoms with Crippen LogP contribution in [-0.4, -0.2) is 17.4 Å². The smallest absolute Gasteiger partial charge is 0.147 e. The van der Waals surface area contributed by atoms with Crippen LogP contribution in [0.4, 0.5) is 0 Å². The second kappa shape index (κ2) is 49.4. The first-order chi connectivity index (χ1) is 0. The minimum Gasteiger partial charge on any atom is -0.147 e. The number of halogens is 4. The Morgan fingerprint density at radius 1 is 0.500 bits per heavy atom. The predicted octanol–water partition coefficient (Wildman–Crippen LogP) is 1.30. The van der Waals surface area contributed by atoms with Gasteiger partial charge in [0.1, 0.15) is 0 Å². The molecule has 0 bridgehead atoms. The van der Waals surface area contributed by atoms with E-state index in [1.807, 2.05) is 0 Å². The zero-order chi connectivity index (χ0) is 0. The molecule has 0 heterocycles. The van der Waals surface area contributed by atoms with E-state index in [1.165, 1.54) is 0 Å². The zero-order valence-corrected chi connectivity index (χ0v) is 9.59. The van der Waals surface area contributed by atoms with Crippen molar-refractivity contribution in [2.45, 2.75) is 0 Å². The van der Waals surface area contributed by atoms with Gasteiger partial charge in [-0.1, -0.05) is 0 Å². The molecule has 0 N–H and O–H groups in total. The van der Waals surface area contributed by atoms with Gasteiger partial charge in [0, 0.05) is 0 Å². The van der Waals surface area contributed by atoms with E-state index in [0.29, 0.717) is 0 Å². The molecule has 0 aliphatic heterocycles. The molecule has 0 aliphatic rings. The van der Waals surface area contributed by atoms with Crippen LogP contribution in [-0.2, 0) is 26.2 Å². The third-order valence-electron chi connectivity index (χ3n) is 0. The fourth-order valence-electron chi connectivity index (χ4n) is 0. The molecule has 0 radical (unpaired) electrons. The molecule has 0 aromatic carbocycles. The largest absolute Gasteiger partial charge is 3.00 e. The van der Waals surface area contributed by atoms with E-state index < -0.39 is 0 Å². The zero-order valence-electron chi connectivity index (χ0n) is 2.71. The molecule has 0 aromatic heterocycles. The molecule has 6 heavy (non-hydrogen) atoms. The summed E-state index contributed by atoms with van der Waals surface area (Å²) in [7, 11) is 0. The Hall–Kier alpha value is 2.58. The van der Waals surface area contributed by atoms with Gasteiger partial charge in [0.25, 0.3) is 0 Å². The molecular formula is H4AlCl4Zr+5. The molecule has 0 atom stereocenters. The average Bonchev–Trinajstić information content (AvgIpc) is 0. The van der Waals surface area contributed by atoms with Crippen LogP contribution in [0, 0.1) is 0 Å².